The molecule has 1 aliphatic carbocycles. The fraction of sp³-hybridized carbons (Fsp3) is 0.350. The number of hydrogen-bond acceptors (Lipinski definition) is 3. The number of aromatic amines is 1. The Kier molecular flexibility index (Phi) is 5.45. The van der Waals surface area contributed by atoms with Crippen molar-refractivity contribution < 1.29 is 4.39 Å². The molecule has 1 heterocycles. The van der Waals surface area contributed by atoms with Crippen LogP contribution >= 0.6 is 11.9 Å². The lowest BCUT2D eigenvalue weighted by Crippen LogP contribution is -2.19. The van der Waals surface area contributed by atoms with Crippen molar-refractivity contribution in [3.8, 4) is 0 Å². The van der Waals surface area contributed by atoms with Crippen LogP contribution in [0.15, 0.2) is 47.4 Å². The van der Waals surface area contributed by atoms with Crippen molar-refractivity contribution in [2.45, 2.75) is 50.5 Å². The second-order valence-corrected chi connectivity index (χ2v) is 7.33. The van der Waals surface area contributed by atoms with E-state index in [4.69, 9.17) is 0 Å². The lowest BCUT2D eigenvalue weighted by Gasteiger charge is -2.09. The highest BCUT2D eigenvalue weighted by molar-refractivity contribution is 7.97. The van der Waals surface area contributed by atoms with E-state index in [-0.39, 0.29) is 5.82 Å². The highest BCUT2D eigenvalue weighted by Gasteiger charge is 2.37. The van der Waals surface area contributed by atoms with Gasteiger partial charge in [-0.2, -0.15) is 5.10 Å². The summed E-state index contributed by atoms with van der Waals surface area (Å²) in [4.78, 5) is 1.17. The first-order valence-electron chi connectivity index (χ1n) is 8.77. The number of nitrogens with one attached hydrogen (secondary N) is 2. The number of fused-ring (bicyclic) bond motifs is 1. The Hall–Kier alpha value is -1.85. The fourth-order valence-corrected chi connectivity index (χ4v) is 3.40. The second kappa shape index (κ2) is 7.58. The minimum absolute atomic E-state index is 0.207. The molecule has 0 amide bonds. The molecule has 3 aromatic rings. The molecule has 0 unspecified atom stereocenters. The van der Waals surface area contributed by atoms with Gasteiger partial charge in [-0.1, -0.05) is 26.0 Å². The minimum Gasteiger partial charge on any atom is -0.281 e. The SMILES string of the molecule is CC.CC1(NSc2ccc3c(Cc4ccc(F)cc4)[nH]nc3c2)CC1. The molecule has 0 aliphatic heterocycles. The summed E-state index contributed by atoms with van der Waals surface area (Å²) >= 11 is 1.67. The highest BCUT2D eigenvalue weighted by Crippen LogP contribution is 2.37. The van der Waals surface area contributed by atoms with Gasteiger partial charge >= 0.3 is 0 Å². The molecule has 0 saturated heterocycles. The van der Waals surface area contributed by atoms with Gasteiger partial charge in [-0.3, -0.25) is 9.82 Å². The van der Waals surface area contributed by atoms with Crippen LogP contribution in [0.1, 0.15) is 44.9 Å². The van der Waals surface area contributed by atoms with Crippen LogP contribution in [-0.2, 0) is 6.42 Å². The molecule has 0 bridgehead atoms. The predicted molar refractivity (Wildman–Crippen MR) is 103 cm³/mol. The summed E-state index contributed by atoms with van der Waals surface area (Å²) in [6, 6.07) is 12.9. The number of halogens is 1. The van der Waals surface area contributed by atoms with Crippen molar-refractivity contribution in [1.29, 1.82) is 0 Å². The quantitative estimate of drug-likeness (QED) is 0.595. The standard InChI is InChI=1S/C18H18FN3S.C2H6/c1-18(8-9-18)22-23-14-6-7-15-16(20-21-17(15)11-14)10-12-2-4-13(19)5-3-12;1-2/h2-7,11,22H,8-10H2,1H3,(H,20,21);1-2H3. The van der Waals surface area contributed by atoms with Crippen molar-refractivity contribution in [3.63, 3.8) is 0 Å². The second-order valence-electron chi connectivity index (χ2n) is 6.45. The van der Waals surface area contributed by atoms with E-state index >= 15 is 0 Å². The number of benzene rings is 2. The van der Waals surface area contributed by atoms with E-state index in [0.29, 0.717) is 5.54 Å². The molecule has 2 aromatic carbocycles. The van der Waals surface area contributed by atoms with E-state index in [1.165, 1.54) is 29.9 Å². The van der Waals surface area contributed by atoms with Gasteiger partial charge in [-0.15, -0.1) is 0 Å². The monoisotopic (exact) mass is 357 g/mol. The van der Waals surface area contributed by atoms with Gasteiger partial charge in [-0.05, 0) is 67.6 Å². The predicted octanol–water partition coefficient (Wildman–Crippen LogP) is 5.47. The largest absolute Gasteiger partial charge is 0.281 e. The third kappa shape index (κ3) is 4.41. The number of H-pyrrole nitrogens is 1. The average molecular weight is 357 g/mol. The van der Waals surface area contributed by atoms with Crippen molar-refractivity contribution in [3.05, 3.63) is 59.5 Å². The fourth-order valence-electron chi connectivity index (χ4n) is 2.52. The van der Waals surface area contributed by atoms with Crippen LogP contribution in [0.5, 0.6) is 0 Å². The van der Waals surface area contributed by atoms with Gasteiger partial charge in [0.1, 0.15) is 5.82 Å². The Balaban J connectivity index is 0.000000880. The summed E-state index contributed by atoms with van der Waals surface area (Å²) < 4.78 is 16.5. The molecule has 3 nitrogen and oxygen atoms in total. The molecule has 1 fully saturated rings. The number of hydrogen-bond donors (Lipinski definition) is 2. The Morgan fingerprint density at radius 2 is 1.88 bits per heavy atom. The van der Waals surface area contributed by atoms with Crippen LogP contribution in [0, 0.1) is 5.82 Å². The maximum atomic E-state index is 13.0. The molecule has 1 aliphatic rings. The Bertz CT molecular complexity index is 838. The topological polar surface area (TPSA) is 40.7 Å². The molecular formula is C20H24FN3S. The first-order valence-corrected chi connectivity index (χ1v) is 9.58. The lowest BCUT2D eigenvalue weighted by atomic mass is 10.1. The zero-order valence-electron chi connectivity index (χ0n) is 14.9. The first-order chi connectivity index (χ1) is 12.1. The van der Waals surface area contributed by atoms with Gasteiger partial charge < -0.3 is 0 Å². The van der Waals surface area contributed by atoms with Crippen LogP contribution in [0.25, 0.3) is 10.9 Å². The lowest BCUT2D eigenvalue weighted by molar-refractivity contribution is 0.627. The molecule has 0 atom stereocenters. The van der Waals surface area contributed by atoms with Gasteiger partial charge in [0.05, 0.1) is 5.52 Å². The van der Waals surface area contributed by atoms with E-state index in [0.717, 1.165) is 28.6 Å². The molecule has 0 radical (unpaired) electrons. The average Bonchev–Trinajstić information content (AvgIpc) is 3.25. The van der Waals surface area contributed by atoms with Crippen LogP contribution in [0.2, 0.25) is 0 Å². The molecule has 4 rings (SSSR count). The maximum Gasteiger partial charge on any atom is 0.123 e. The molecule has 25 heavy (non-hydrogen) atoms. The third-order valence-electron chi connectivity index (χ3n) is 4.32. The van der Waals surface area contributed by atoms with Crippen molar-refractivity contribution in [2.75, 3.05) is 0 Å². The van der Waals surface area contributed by atoms with Crippen LogP contribution in [-0.4, -0.2) is 15.7 Å². The maximum absolute atomic E-state index is 13.0. The summed E-state index contributed by atoms with van der Waals surface area (Å²) in [5.41, 5.74) is 3.40. The minimum atomic E-state index is -0.207. The van der Waals surface area contributed by atoms with E-state index < -0.39 is 0 Å². The zero-order valence-corrected chi connectivity index (χ0v) is 15.7. The smallest absolute Gasteiger partial charge is 0.123 e. The highest BCUT2D eigenvalue weighted by atomic mass is 32.2. The Morgan fingerprint density at radius 3 is 2.56 bits per heavy atom. The summed E-state index contributed by atoms with van der Waals surface area (Å²) in [6.07, 6.45) is 3.21. The van der Waals surface area contributed by atoms with Crippen molar-refractivity contribution >= 4 is 22.9 Å². The van der Waals surface area contributed by atoms with E-state index in [9.17, 15) is 4.39 Å². The summed E-state index contributed by atoms with van der Waals surface area (Å²) in [5, 5.41) is 8.65. The molecule has 2 N–H and O–H groups in total. The summed E-state index contributed by atoms with van der Waals surface area (Å²) in [5.74, 6) is -0.207. The number of rotatable bonds is 5. The molecule has 5 heteroatoms. The van der Waals surface area contributed by atoms with Crippen LogP contribution < -0.4 is 4.72 Å². The van der Waals surface area contributed by atoms with Crippen LogP contribution in [0.4, 0.5) is 4.39 Å². The summed E-state index contributed by atoms with van der Waals surface area (Å²) in [6.45, 7) is 6.24. The number of aromatic nitrogens is 2. The Morgan fingerprint density at radius 1 is 1.16 bits per heavy atom. The summed E-state index contributed by atoms with van der Waals surface area (Å²) in [7, 11) is 0. The van der Waals surface area contributed by atoms with Crippen molar-refractivity contribution in [2.24, 2.45) is 0 Å². The van der Waals surface area contributed by atoms with Gasteiger partial charge in [0, 0.05) is 27.9 Å². The zero-order chi connectivity index (χ0) is 17.9. The Labute approximate surface area is 152 Å². The first kappa shape index (κ1) is 18.0. The number of nitrogens with zero attached hydrogens (tertiary/aromatic N) is 1. The molecular weight excluding hydrogens is 333 g/mol. The van der Waals surface area contributed by atoms with E-state index in [2.05, 4.69) is 40.0 Å². The van der Waals surface area contributed by atoms with Gasteiger partial charge in [0.2, 0.25) is 0 Å². The molecule has 1 aromatic heterocycles. The van der Waals surface area contributed by atoms with Crippen molar-refractivity contribution in [1.82, 2.24) is 14.9 Å². The third-order valence-corrected chi connectivity index (χ3v) is 5.40. The molecule has 132 valence electrons. The van der Waals surface area contributed by atoms with Gasteiger partial charge in [0.25, 0.3) is 0 Å². The molecule has 0 spiro atoms. The van der Waals surface area contributed by atoms with Crippen LogP contribution in [0.3, 0.4) is 0 Å². The van der Waals surface area contributed by atoms with E-state index in [1.807, 2.05) is 26.0 Å². The van der Waals surface area contributed by atoms with Gasteiger partial charge in [-0.25, -0.2) is 4.39 Å². The normalized spacial score (nSPS) is 14.9. The molecule has 1 saturated carbocycles. The van der Waals surface area contributed by atoms with Gasteiger partial charge in [0.15, 0.2) is 0 Å². The van der Waals surface area contributed by atoms with E-state index in [1.54, 1.807) is 11.9 Å².